The van der Waals surface area contributed by atoms with E-state index in [2.05, 4.69) is 17.6 Å². The SMILES string of the molecule is CC1C2NC(=S)NC1(C)Oc1c(F)cccc12. The van der Waals surface area contributed by atoms with Gasteiger partial charge >= 0.3 is 0 Å². The van der Waals surface area contributed by atoms with E-state index in [-0.39, 0.29) is 17.8 Å². The van der Waals surface area contributed by atoms with Crippen LogP contribution in [0.1, 0.15) is 25.5 Å². The molecule has 3 rings (SSSR count). The number of ether oxygens (including phenoxy) is 1. The Hall–Kier alpha value is -1.36. The summed E-state index contributed by atoms with van der Waals surface area (Å²) in [5.41, 5.74) is 0.182. The summed E-state index contributed by atoms with van der Waals surface area (Å²) in [5, 5.41) is 6.80. The highest BCUT2D eigenvalue weighted by Gasteiger charge is 2.49. The molecule has 90 valence electrons. The highest BCUT2D eigenvalue weighted by Crippen LogP contribution is 2.45. The second-order valence-electron chi connectivity index (χ2n) is 4.73. The zero-order valence-electron chi connectivity index (χ0n) is 9.58. The smallest absolute Gasteiger partial charge is 0.184 e. The van der Waals surface area contributed by atoms with Gasteiger partial charge in [0.2, 0.25) is 0 Å². The molecule has 2 aliphatic rings. The minimum atomic E-state index is -0.651. The van der Waals surface area contributed by atoms with Crippen LogP contribution in [0.25, 0.3) is 0 Å². The van der Waals surface area contributed by atoms with Crippen molar-refractivity contribution in [3.63, 3.8) is 0 Å². The number of hydrogen-bond acceptors (Lipinski definition) is 2. The lowest BCUT2D eigenvalue weighted by atomic mass is 9.82. The maximum Gasteiger partial charge on any atom is 0.184 e. The van der Waals surface area contributed by atoms with Crippen molar-refractivity contribution < 1.29 is 9.13 Å². The van der Waals surface area contributed by atoms with Gasteiger partial charge in [-0.05, 0) is 25.2 Å². The molecule has 0 spiro atoms. The van der Waals surface area contributed by atoms with Crippen molar-refractivity contribution in [1.82, 2.24) is 10.6 Å². The van der Waals surface area contributed by atoms with Crippen molar-refractivity contribution in [3.05, 3.63) is 29.6 Å². The molecule has 0 saturated carbocycles. The maximum atomic E-state index is 13.8. The van der Waals surface area contributed by atoms with Gasteiger partial charge in [-0.15, -0.1) is 0 Å². The summed E-state index contributed by atoms with van der Waals surface area (Å²) in [6.07, 6.45) is 0. The van der Waals surface area contributed by atoms with Crippen LogP contribution in [0.2, 0.25) is 0 Å². The van der Waals surface area contributed by atoms with Gasteiger partial charge in [0.05, 0.1) is 6.04 Å². The van der Waals surface area contributed by atoms with E-state index in [4.69, 9.17) is 17.0 Å². The molecule has 0 radical (unpaired) electrons. The lowest BCUT2D eigenvalue weighted by molar-refractivity contribution is -0.0295. The van der Waals surface area contributed by atoms with Crippen LogP contribution in [0.5, 0.6) is 5.75 Å². The Kier molecular flexibility index (Phi) is 2.10. The third-order valence-corrected chi connectivity index (χ3v) is 3.88. The number of nitrogens with one attached hydrogen (secondary N) is 2. The minimum Gasteiger partial charge on any atom is -0.465 e. The van der Waals surface area contributed by atoms with Crippen molar-refractivity contribution >= 4 is 17.3 Å². The van der Waals surface area contributed by atoms with Crippen LogP contribution in [0.3, 0.4) is 0 Å². The van der Waals surface area contributed by atoms with Gasteiger partial charge in [-0.1, -0.05) is 19.1 Å². The lowest BCUT2D eigenvalue weighted by Crippen LogP contribution is -2.67. The number of rotatable bonds is 0. The van der Waals surface area contributed by atoms with Gasteiger partial charge in [0.1, 0.15) is 0 Å². The first-order valence-corrected chi connectivity index (χ1v) is 5.98. The molecule has 3 unspecified atom stereocenters. The van der Waals surface area contributed by atoms with Gasteiger partial charge in [-0.2, -0.15) is 0 Å². The normalized spacial score (nSPS) is 34.2. The topological polar surface area (TPSA) is 33.3 Å². The van der Waals surface area contributed by atoms with E-state index in [1.54, 1.807) is 6.07 Å². The largest absolute Gasteiger partial charge is 0.465 e. The fraction of sp³-hybridized carbons (Fsp3) is 0.417. The molecule has 2 heterocycles. The second-order valence-corrected chi connectivity index (χ2v) is 5.14. The van der Waals surface area contributed by atoms with Crippen LogP contribution in [0.15, 0.2) is 18.2 Å². The second kappa shape index (κ2) is 3.32. The standard InChI is InChI=1S/C12H13FN2OS/c1-6-9-7-4-3-5-8(13)10(7)16-12(6,2)15-11(17)14-9/h3-6,9H,1-2H3,(H2,14,15,17). The Morgan fingerprint density at radius 1 is 1.47 bits per heavy atom. The molecule has 3 nitrogen and oxygen atoms in total. The Morgan fingerprint density at radius 3 is 3.00 bits per heavy atom. The van der Waals surface area contributed by atoms with Gasteiger partial charge in [-0.25, -0.2) is 4.39 Å². The Bertz CT molecular complexity index is 507. The Balaban J connectivity index is 2.18. The number of fused-ring (bicyclic) bond motifs is 4. The van der Waals surface area contributed by atoms with E-state index in [0.29, 0.717) is 10.9 Å². The molecule has 0 amide bonds. The maximum absolute atomic E-state index is 13.8. The molecule has 2 N–H and O–H groups in total. The van der Waals surface area contributed by atoms with Crippen molar-refractivity contribution in [3.8, 4) is 5.75 Å². The van der Waals surface area contributed by atoms with Crippen molar-refractivity contribution in [2.45, 2.75) is 25.6 Å². The van der Waals surface area contributed by atoms with E-state index >= 15 is 0 Å². The van der Waals surface area contributed by atoms with E-state index in [1.807, 2.05) is 13.0 Å². The van der Waals surface area contributed by atoms with Gasteiger partial charge in [0.15, 0.2) is 22.4 Å². The number of benzene rings is 1. The van der Waals surface area contributed by atoms with Crippen LogP contribution < -0.4 is 15.4 Å². The Labute approximate surface area is 104 Å². The highest BCUT2D eigenvalue weighted by atomic mass is 32.1. The summed E-state index contributed by atoms with van der Waals surface area (Å²) >= 11 is 5.15. The first kappa shape index (κ1) is 10.8. The summed E-state index contributed by atoms with van der Waals surface area (Å²) in [4.78, 5) is 0. The van der Waals surface area contributed by atoms with Gasteiger partial charge in [0, 0.05) is 11.5 Å². The predicted octanol–water partition coefficient (Wildman–Crippen LogP) is 2.09. The third-order valence-electron chi connectivity index (χ3n) is 3.66. The van der Waals surface area contributed by atoms with Gasteiger partial charge < -0.3 is 15.4 Å². The molecule has 1 aromatic carbocycles. The quantitative estimate of drug-likeness (QED) is 0.693. The summed E-state index contributed by atoms with van der Waals surface area (Å²) in [5.74, 6) is 0.145. The fourth-order valence-electron chi connectivity index (χ4n) is 2.52. The zero-order valence-corrected chi connectivity index (χ0v) is 10.4. The zero-order chi connectivity index (χ0) is 12.2. The molecule has 17 heavy (non-hydrogen) atoms. The molecule has 5 heteroatoms. The summed E-state index contributed by atoms with van der Waals surface area (Å²) in [7, 11) is 0. The molecule has 0 aromatic heterocycles. The van der Waals surface area contributed by atoms with E-state index in [0.717, 1.165) is 5.56 Å². The van der Waals surface area contributed by atoms with E-state index < -0.39 is 5.72 Å². The van der Waals surface area contributed by atoms with Crippen LogP contribution in [0, 0.1) is 11.7 Å². The number of para-hydroxylation sites is 1. The van der Waals surface area contributed by atoms with E-state index in [1.165, 1.54) is 6.07 Å². The molecule has 2 aliphatic heterocycles. The molecule has 0 aliphatic carbocycles. The first-order chi connectivity index (χ1) is 8.01. The van der Waals surface area contributed by atoms with Crippen molar-refractivity contribution in [2.24, 2.45) is 5.92 Å². The van der Waals surface area contributed by atoms with Gasteiger partial charge in [0.25, 0.3) is 0 Å². The Morgan fingerprint density at radius 2 is 2.24 bits per heavy atom. The number of halogens is 1. The number of hydrogen-bond donors (Lipinski definition) is 2. The minimum absolute atomic E-state index is 0.00630. The molecular formula is C12H13FN2OS. The number of thiocarbonyl (C=S) groups is 1. The monoisotopic (exact) mass is 252 g/mol. The lowest BCUT2D eigenvalue weighted by Gasteiger charge is -2.50. The van der Waals surface area contributed by atoms with Crippen molar-refractivity contribution in [1.29, 1.82) is 0 Å². The molecule has 1 saturated heterocycles. The average Bonchev–Trinajstić information content (AvgIpc) is 2.24. The molecule has 1 fully saturated rings. The molecule has 2 bridgehead atoms. The fourth-order valence-corrected chi connectivity index (χ4v) is 2.84. The third kappa shape index (κ3) is 1.42. The van der Waals surface area contributed by atoms with Crippen LogP contribution in [-0.4, -0.2) is 10.8 Å². The highest BCUT2D eigenvalue weighted by molar-refractivity contribution is 7.80. The van der Waals surface area contributed by atoms with Crippen molar-refractivity contribution in [2.75, 3.05) is 0 Å². The van der Waals surface area contributed by atoms with Gasteiger partial charge in [-0.3, -0.25) is 0 Å². The van der Waals surface area contributed by atoms with Crippen LogP contribution >= 0.6 is 12.2 Å². The summed E-state index contributed by atoms with van der Waals surface area (Å²) in [6.45, 7) is 3.95. The molecule has 3 atom stereocenters. The summed E-state index contributed by atoms with van der Waals surface area (Å²) < 4.78 is 19.5. The van der Waals surface area contributed by atoms with E-state index in [9.17, 15) is 4.39 Å². The predicted molar refractivity (Wildman–Crippen MR) is 66.2 cm³/mol. The average molecular weight is 252 g/mol. The van der Waals surface area contributed by atoms with Crippen LogP contribution in [-0.2, 0) is 0 Å². The summed E-state index contributed by atoms with van der Waals surface area (Å²) in [6, 6.07) is 4.97. The van der Waals surface area contributed by atoms with Crippen LogP contribution in [0.4, 0.5) is 4.39 Å². The molecule has 1 aromatic rings. The first-order valence-electron chi connectivity index (χ1n) is 5.57. The molecular weight excluding hydrogens is 239 g/mol.